The van der Waals surface area contributed by atoms with Crippen LogP contribution in [0.2, 0.25) is 0 Å². The lowest BCUT2D eigenvalue weighted by Gasteiger charge is -2.26. The van der Waals surface area contributed by atoms with E-state index in [0.717, 1.165) is 30.1 Å². The number of phenolic OH excluding ortho intramolecular Hbond substituents is 1. The first-order chi connectivity index (χ1) is 11.1. The van der Waals surface area contributed by atoms with Crippen LogP contribution in [0.5, 0.6) is 5.75 Å². The smallest absolute Gasteiger partial charge is 0.234 e. The lowest BCUT2D eigenvalue weighted by Crippen LogP contribution is -2.43. The zero-order chi connectivity index (χ0) is 16.2. The first-order valence-corrected chi connectivity index (χ1v) is 8.81. The van der Waals surface area contributed by atoms with Gasteiger partial charge in [-0.2, -0.15) is 0 Å². The Labute approximate surface area is 140 Å². The van der Waals surface area contributed by atoms with Crippen LogP contribution in [0.25, 0.3) is 0 Å². The van der Waals surface area contributed by atoms with E-state index in [0.29, 0.717) is 32.1 Å². The highest BCUT2D eigenvalue weighted by atomic mass is 32.2. The SMILES string of the molecule is CN1c2ccc(O)cc2SC1CCNC(=O)CN1CCOCC1. The number of thioether (sulfide) groups is 1. The van der Waals surface area contributed by atoms with Crippen LogP contribution in [0.15, 0.2) is 23.1 Å². The van der Waals surface area contributed by atoms with E-state index < -0.39 is 0 Å². The number of nitrogens with zero attached hydrogens (tertiary/aromatic N) is 2. The molecule has 2 heterocycles. The second kappa shape index (κ2) is 7.42. The molecule has 1 amide bonds. The standard InChI is InChI=1S/C16H23N3O3S/c1-18-13-3-2-12(20)10-14(13)23-16(18)4-5-17-15(21)11-19-6-8-22-9-7-19/h2-3,10,16,20H,4-9,11H2,1H3,(H,17,21). The Hall–Kier alpha value is -1.44. The number of aromatic hydroxyl groups is 1. The van der Waals surface area contributed by atoms with Crippen molar-refractivity contribution in [2.24, 2.45) is 0 Å². The van der Waals surface area contributed by atoms with E-state index in [4.69, 9.17) is 4.74 Å². The van der Waals surface area contributed by atoms with Gasteiger partial charge in [-0.25, -0.2) is 0 Å². The van der Waals surface area contributed by atoms with E-state index in [2.05, 4.69) is 22.2 Å². The highest BCUT2D eigenvalue weighted by Gasteiger charge is 2.27. The molecule has 0 spiro atoms. The van der Waals surface area contributed by atoms with E-state index in [1.54, 1.807) is 23.9 Å². The average Bonchev–Trinajstić information content (AvgIpc) is 2.84. The van der Waals surface area contributed by atoms with Crippen molar-refractivity contribution in [2.75, 3.05) is 51.3 Å². The minimum absolute atomic E-state index is 0.0766. The molecule has 6 nitrogen and oxygen atoms in total. The summed E-state index contributed by atoms with van der Waals surface area (Å²) >= 11 is 1.73. The molecule has 1 fully saturated rings. The van der Waals surface area contributed by atoms with Crippen molar-refractivity contribution in [3.63, 3.8) is 0 Å². The summed E-state index contributed by atoms with van der Waals surface area (Å²) in [5.74, 6) is 0.372. The van der Waals surface area contributed by atoms with Crippen molar-refractivity contribution in [2.45, 2.75) is 16.7 Å². The Morgan fingerprint density at radius 2 is 2.22 bits per heavy atom. The molecule has 2 aliphatic heterocycles. The Balaban J connectivity index is 1.42. The second-order valence-electron chi connectivity index (χ2n) is 5.86. The third kappa shape index (κ3) is 4.10. The third-order valence-electron chi connectivity index (χ3n) is 4.20. The molecule has 0 radical (unpaired) electrons. The molecule has 0 aliphatic carbocycles. The maximum atomic E-state index is 12.0. The first kappa shape index (κ1) is 16.4. The molecule has 0 saturated carbocycles. The zero-order valence-electron chi connectivity index (χ0n) is 13.3. The Kier molecular flexibility index (Phi) is 5.30. The molecule has 2 aliphatic rings. The van der Waals surface area contributed by atoms with E-state index in [-0.39, 0.29) is 11.3 Å². The third-order valence-corrected chi connectivity index (χ3v) is 5.61. The van der Waals surface area contributed by atoms with Gasteiger partial charge in [0.05, 0.1) is 30.8 Å². The molecule has 1 saturated heterocycles. The van der Waals surface area contributed by atoms with Gasteiger partial charge < -0.3 is 20.1 Å². The van der Waals surface area contributed by atoms with E-state index >= 15 is 0 Å². The van der Waals surface area contributed by atoms with Crippen molar-refractivity contribution in [1.29, 1.82) is 0 Å². The fraction of sp³-hybridized carbons (Fsp3) is 0.562. The van der Waals surface area contributed by atoms with Crippen LogP contribution in [0, 0.1) is 0 Å². The van der Waals surface area contributed by atoms with Crippen molar-refractivity contribution >= 4 is 23.4 Å². The van der Waals surface area contributed by atoms with Gasteiger partial charge in [0.15, 0.2) is 0 Å². The number of benzene rings is 1. The number of hydrogen-bond acceptors (Lipinski definition) is 6. The molecule has 2 N–H and O–H groups in total. The number of carbonyl (C=O) groups is 1. The molecule has 1 atom stereocenters. The fourth-order valence-corrected chi connectivity index (χ4v) is 4.20. The van der Waals surface area contributed by atoms with Crippen molar-refractivity contribution in [3.8, 4) is 5.75 Å². The maximum absolute atomic E-state index is 12.0. The maximum Gasteiger partial charge on any atom is 0.234 e. The molecular weight excluding hydrogens is 314 g/mol. The predicted molar refractivity (Wildman–Crippen MR) is 91.0 cm³/mol. The Bertz CT molecular complexity index is 564. The van der Waals surface area contributed by atoms with Gasteiger partial charge in [0.25, 0.3) is 0 Å². The summed E-state index contributed by atoms with van der Waals surface area (Å²) in [7, 11) is 2.05. The van der Waals surface area contributed by atoms with Crippen molar-refractivity contribution < 1.29 is 14.6 Å². The molecule has 1 aromatic rings. The molecule has 0 aromatic heterocycles. The number of morpholine rings is 1. The quantitative estimate of drug-likeness (QED) is 0.839. The van der Waals surface area contributed by atoms with Crippen LogP contribution in [0.4, 0.5) is 5.69 Å². The van der Waals surface area contributed by atoms with Crippen LogP contribution < -0.4 is 10.2 Å². The number of ether oxygens (including phenoxy) is 1. The summed E-state index contributed by atoms with van der Waals surface area (Å²) in [6.07, 6.45) is 0.867. The number of phenols is 1. The number of fused-ring (bicyclic) bond motifs is 1. The summed E-state index contributed by atoms with van der Waals surface area (Å²) in [5.41, 5.74) is 1.14. The van der Waals surface area contributed by atoms with Gasteiger partial charge in [-0.15, -0.1) is 0 Å². The van der Waals surface area contributed by atoms with Crippen LogP contribution in [0.1, 0.15) is 6.42 Å². The summed E-state index contributed by atoms with van der Waals surface area (Å²) in [6, 6.07) is 5.45. The summed E-state index contributed by atoms with van der Waals surface area (Å²) < 4.78 is 5.28. The van der Waals surface area contributed by atoms with Crippen LogP contribution in [0.3, 0.4) is 0 Å². The summed E-state index contributed by atoms with van der Waals surface area (Å²) in [4.78, 5) is 17.4. The molecule has 7 heteroatoms. The van der Waals surface area contributed by atoms with Gasteiger partial charge in [-0.1, -0.05) is 11.8 Å². The normalized spacial score (nSPS) is 21.3. The van der Waals surface area contributed by atoms with Gasteiger partial charge >= 0.3 is 0 Å². The van der Waals surface area contributed by atoms with Crippen molar-refractivity contribution in [1.82, 2.24) is 10.2 Å². The lowest BCUT2D eigenvalue weighted by molar-refractivity contribution is -0.123. The van der Waals surface area contributed by atoms with Gasteiger partial charge in [0.1, 0.15) is 5.75 Å². The zero-order valence-corrected chi connectivity index (χ0v) is 14.1. The fourth-order valence-electron chi connectivity index (χ4n) is 2.88. The number of nitrogens with one attached hydrogen (secondary N) is 1. The molecule has 0 bridgehead atoms. The van der Waals surface area contributed by atoms with E-state index in [9.17, 15) is 9.90 Å². The molecular formula is C16H23N3O3S. The molecule has 3 rings (SSSR count). The summed E-state index contributed by atoms with van der Waals surface area (Å²) in [6.45, 7) is 4.18. The van der Waals surface area contributed by atoms with Crippen LogP contribution >= 0.6 is 11.8 Å². The van der Waals surface area contributed by atoms with Gasteiger partial charge in [-0.05, 0) is 24.6 Å². The molecule has 23 heavy (non-hydrogen) atoms. The predicted octanol–water partition coefficient (Wildman–Crippen LogP) is 1.10. The highest BCUT2D eigenvalue weighted by Crippen LogP contribution is 2.44. The van der Waals surface area contributed by atoms with Crippen LogP contribution in [-0.4, -0.2) is 67.7 Å². The van der Waals surface area contributed by atoms with E-state index in [1.165, 1.54) is 0 Å². The first-order valence-electron chi connectivity index (χ1n) is 7.93. The Morgan fingerprint density at radius 3 is 3.00 bits per heavy atom. The molecule has 126 valence electrons. The summed E-state index contributed by atoms with van der Waals surface area (Å²) in [5, 5.41) is 12.9. The number of anilines is 1. The number of hydrogen-bond donors (Lipinski definition) is 2. The lowest BCUT2D eigenvalue weighted by atomic mass is 10.2. The second-order valence-corrected chi connectivity index (χ2v) is 7.08. The largest absolute Gasteiger partial charge is 0.508 e. The topological polar surface area (TPSA) is 65.0 Å². The highest BCUT2D eigenvalue weighted by molar-refractivity contribution is 8.00. The molecule has 1 unspecified atom stereocenters. The monoisotopic (exact) mass is 337 g/mol. The van der Waals surface area contributed by atoms with Crippen LogP contribution in [-0.2, 0) is 9.53 Å². The number of amides is 1. The number of carbonyl (C=O) groups excluding carboxylic acids is 1. The van der Waals surface area contributed by atoms with Gasteiger partial charge in [0.2, 0.25) is 5.91 Å². The average molecular weight is 337 g/mol. The van der Waals surface area contributed by atoms with E-state index in [1.807, 2.05) is 6.07 Å². The number of rotatable bonds is 5. The minimum atomic E-state index is 0.0766. The van der Waals surface area contributed by atoms with Gasteiger partial charge in [-0.3, -0.25) is 9.69 Å². The minimum Gasteiger partial charge on any atom is -0.508 e. The molecule has 1 aromatic carbocycles. The van der Waals surface area contributed by atoms with Crippen molar-refractivity contribution in [3.05, 3.63) is 18.2 Å². The Morgan fingerprint density at radius 1 is 1.43 bits per heavy atom. The van der Waals surface area contributed by atoms with Gasteiger partial charge in [0, 0.05) is 31.6 Å².